The van der Waals surface area contributed by atoms with Crippen LogP contribution < -0.4 is 10.1 Å². The van der Waals surface area contributed by atoms with E-state index in [1.165, 1.54) is 9.13 Å². The first-order valence-electron chi connectivity index (χ1n) is 7.13. The fourth-order valence-electron chi connectivity index (χ4n) is 2.21. The van der Waals surface area contributed by atoms with Gasteiger partial charge in [0.1, 0.15) is 5.75 Å². The highest BCUT2D eigenvalue weighted by Crippen LogP contribution is 2.22. The summed E-state index contributed by atoms with van der Waals surface area (Å²) in [5.41, 5.74) is 5.26. The topological polar surface area (TPSA) is 38.3 Å². The highest BCUT2D eigenvalue weighted by molar-refractivity contribution is 14.1. The molecule has 0 bridgehead atoms. The van der Waals surface area contributed by atoms with E-state index < -0.39 is 0 Å². The largest absolute Gasteiger partial charge is 0.483 e. The Kier molecular flexibility index (Phi) is 5.45. The zero-order chi connectivity index (χ0) is 16.3. The van der Waals surface area contributed by atoms with Crippen molar-refractivity contribution in [1.82, 2.24) is 0 Å². The van der Waals surface area contributed by atoms with Crippen LogP contribution in [0, 0.1) is 31.3 Å². The predicted molar refractivity (Wildman–Crippen MR) is 98.7 cm³/mol. The first kappa shape index (κ1) is 16.8. The van der Waals surface area contributed by atoms with Crippen molar-refractivity contribution in [3.63, 3.8) is 0 Å². The van der Waals surface area contributed by atoms with Crippen molar-refractivity contribution >= 4 is 34.2 Å². The Hall–Kier alpha value is -1.56. The zero-order valence-electron chi connectivity index (χ0n) is 13.3. The molecule has 1 amide bonds. The maximum absolute atomic E-state index is 12.1. The van der Waals surface area contributed by atoms with Crippen LogP contribution in [0.15, 0.2) is 30.3 Å². The molecule has 0 heterocycles. The minimum atomic E-state index is -0.149. The molecule has 0 fully saturated rings. The number of ether oxygens (including phenoxy) is 1. The molecule has 0 atom stereocenters. The van der Waals surface area contributed by atoms with Gasteiger partial charge in [-0.05, 0) is 85.2 Å². The minimum Gasteiger partial charge on any atom is -0.483 e. The number of amides is 1. The molecule has 2 rings (SSSR count). The van der Waals surface area contributed by atoms with Crippen LogP contribution in [0.25, 0.3) is 0 Å². The first-order valence-corrected chi connectivity index (χ1v) is 8.21. The first-order chi connectivity index (χ1) is 10.4. The summed E-state index contributed by atoms with van der Waals surface area (Å²) in [5.74, 6) is 0.597. The van der Waals surface area contributed by atoms with E-state index in [2.05, 4.69) is 34.0 Å². The molecule has 22 heavy (non-hydrogen) atoms. The zero-order valence-corrected chi connectivity index (χ0v) is 15.4. The van der Waals surface area contributed by atoms with Crippen LogP contribution in [0.4, 0.5) is 5.69 Å². The number of benzene rings is 2. The Bertz CT molecular complexity index is 710. The second-order valence-electron chi connectivity index (χ2n) is 5.52. The van der Waals surface area contributed by atoms with Gasteiger partial charge >= 0.3 is 0 Å². The SMILES string of the molecule is Cc1ccc(OCC(=O)Nc2cc(C)c(I)cc2C)c(C)c1. The van der Waals surface area contributed by atoms with E-state index in [0.29, 0.717) is 0 Å². The number of carbonyl (C=O) groups excluding carboxylic acids is 1. The Morgan fingerprint density at radius 1 is 1.05 bits per heavy atom. The number of hydrogen-bond donors (Lipinski definition) is 1. The quantitative estimate of drug-likeness (QED) is 0.753. The molecule has 3 nitrogen and oxygen atoms in total. The van der Waals surface area contributed by atoms with Gasteiger partial charge < -0.3 is 10.1 Å². The summed E-state index contributed by atoms with van der Waals surface area (Å²) in [6.07, 6.45) is 0. The molecule has 0 saturated heterocycles. The van der Waals surface area contributed by atoms with E-state index in [9.17, 15) is 4.79 Å². The maximum Gasteiger partial charge on any atom is 0.262 e. The Morgan fingerprint density at radius 3 is 2.45 bits per heavy atom. The molecule has 2 aromatic carbocycles. The summed E-state index contributed by atoms with van der Waals surface area (Å²) in [6.45, 7) is 8.04. The van der Waals surface area contributed by atoms with Crippen LogP contribution >= 0.6 is 22.6 Å². The number of rotatable bonds is 4. The molecule has 2 aromatic rings. The van der Waals surface area contributed by atoms with Gasteiger partial charge in [-0.1, -0.05) is 17.7 Å². The summed E-state index contributed by atoms with van der Waals surface area (Å²) in [7, 11) is 0. The smallest absolute Gasteiger partial charge is 0.262 e. The summed E-state index contributed by atoms with van der Waals surface area (Å²) in [6, 6.07) is 9.98. The molecular weight excluding hydrogens is 389 g/mol. The second kappa shape index (κ2) is 7.13. The normalized spacial score (nSPS) is 10.4. The minimum absolute atomic E-state index is 0.00831. The van der Waals surface area contributed by atoms with Crippen LogP contribution in [0.5, 0.6) is 5.75 Å². The summed E-state index contributed by atoms with van der Waals surface area (Å²) in [4.78, 5) is 12.1. The van der Waals surface area contributed by atoms with Gasteiger partial charge in [0.25, 0.3) is 5.91 Å². The van der Waals surface area contributed by atoms with Crippen LogP contribution in [-0.2, 0) is 4.79 Å². The number of carbonyl (C=O) groups is 1. The van der Waals surface area contributed by atoms with Crippen LogP contribution in [0.3, 0.4) is 0 Å². The van der Waals surface area contributed by atoms with Crippen molar-refractivity contribution in [3.05, 3.63) is 56.2 Å². The number of aryl methyl sites for hydroxylation is 4. The van der Waals surface area contributed by atoms with Gasteiger partial charge in [-0.2, -0.15) is 0 Å². The third kappa shape index (κ3) is 4.22. The van der Waals surface area contributed by atoms with Gasteiger partial charge in [-0.3, -0.25) is 4.79 Å². The maximum atomic E-state index is 12.1. The Balaban J connectivity index is 2.00. The molecular formula is C18H20INO2. The lowest BCUT2D eigenvalue weighted by atomic mass is 10.1. The predicted octanol–water partition coefficient (Wildman–Crippen LogP) is 4.54. The van der Waals surface area contributed by atoms with E-state index in [-0.39, 0.29) is 12.5 Å². The van der Waals surface area contributed by atoms with Crippen molar-refractivity contribution < 1.29 is 9.53 Å². The standard InChI is InChI=1S/C18H20INO2/c1-11-5-6-17(14(4)7-11)22-10-18(21)20-16-9-12(2)15(19)8-13(16)3/h5-9H,10H2,1-4H3,(H,20,21). The van der Waals surface area contributed by atoms with E-state index >= 15 is 0 Å². The Morgan fingerprint density at radius 2 is 1.77 bits per heavy atom. The van der Waals surface area contributed by atoms with Crippen LogP contribution in [0.2, 0.25) is 0 Å². The van der Waals surface area contributed by atoms with Crippen molar-refractivity contribution in [3.8, 4) is 5.75 Å². The van der Waals surface area contributed by atoms with E-state index in [4.69, 9.17) is 4.74 Å². The van der Waals surface area contributed by atoms with Gasteiger partial charge in [-0.15, -0.1) is 0 Å². The molecule has 1 N–H and O–H groups in total. The van der Waals surface area contributed by atoms with E-state index in [1.54, 1.807) is 0 Å². The summed E-state index contributed by atoms with van der Waals surface area (Å²) >= 11 is 2.29. The van der Waals surface area contributed by atoms with Crippen LogP contribution in [-0.4, -0.2) is 12.5 Å². The van der Waals surface area contributed by atoms with Gasteiger partial charge in [0.2, 0.25) is 0 Å². The second-order valence-corrected chi connectivity index (χ2v) is 6.68. The molecule has 0 radical (unpaired) electrons. The van der Waals surface area contributed by atoms with Gasteiger partial charge in [0, 0.05) is 9.26 Å². The third-order valence-electron chi connectivity index (χ3n) is 3.47. The van der Waals surface area contributed by atoms with E-state index in [1.807, 2.05) is 52.0 Å². The average Bonchev–Trinajstić information content (AvgIpc) is 2.44. The molecule has 0 saturated carbocycles. The number of anilines is 1. The lowest BCUT2D eigenvalue weighted by Crippen LogP contribution is -2.21. The monoisotopic (exact) mass is 409 g/mol. The summed E-state index contributed by atoms with van der Waals surface area (Å²) in [5, 5.41) is 2.91. The van der Waals surface area contributed by atoms with Gasteiger partial charge in [0.05, 0.1) is 0 Å². The molecule has 116 valence electrons. The van der Waals surface area contributed by atoms with Crippen molar-refractivity contribution in [1.29, 1.82) is 0 Å². The molecule has 0 spiro atoms. The fourth-order valence-corrected chi connectivity index (χ4v) is 2.83. The Labute approximate surface area is 145 Å². The lowest BCUT2D eigenvalue weighted by Gasteiger charge is -2.12. The number of hydrogen-bond acceptors (Lipinski definition) is 2. The average molecular weight is 409 g/mol. The molecule has 0 aliphatic rings. The highest BCUT2D eigenvalue weighted by atomic mass is 127. The van der Waals surface area contributed by atoms with E-state index in [0.717, 1.165) is 28.1 Å². The number of nitrogens with one attached hydrogen (secondary N) is 1. The molecule has 0 aliphatic heterocycles. The molecule has 0 aromatic heterocycles. The lowest BCUT2D eigenvalue weighted by molar-refractivity contribution is -0.118. The third-order valence-corrected chi connectivity index (χ3v) is 4.63. The van der Waals surface area contributed by atoms with Gasteiger partial charge in [-0.25, -0.2) is 0 Å². The summed E-state index contributed by atoms with van der Waals surface area (Å²) < 4.78 is 6.80. The fraction of sp³-hybridized carbons (Fsp3) is 0.278. The van der Waals surface area contributed by atoms with Crippen molar-refractivity contribution in [2.24, 2.45) is 0 Å². The molecule has 0 aliphatic carbocycles. The molecule has 4 heteroatoms. The molecule has 0 unspecified atom stereocenters. The van der Waals surface area contributed by atoms with Crippen LogP contribution in [0.1, 0.15) is 22.3 Å². The van der Waals surface area contributed by atoms with Crippen molar-refractivity contribution in [2.45, 2.75) is 27.7 Å². The van der Waals surface area contributed by atoms with Crippen molar-refractivity contribution in [2.75, 3.05) is 11.9 Å². The van der Waals surface area contributed by atoms with Gasteiger partial charge in [0.15, 0.2) is 6.61 Å². The highest BCUT2D eigenvalue weighted by Gasteiger charge is 2.09. The number of halogens is 1.